The van der Waals surface area contributed by atoms with E-state index < -0.39 is 5.91 Å². The molecule has 0 fully saturated rings. The molecule has 6 N–H and O–H groups in total. The lowest BCUT2D eigenvalue weighted by molar-refractivity contribution is -0.117. The van der Waals surface area contributed by atoms with Crippen LogP contribution in [0.1, 0.15) is 0 Å². The standard InChI is InChI=1S/C11H13N5O/c12-10-9(11(17)15-13)6-7-14-16(10)8-4-2-1-3-5-8/h1-7,14H,12-13H2,(H,15,17). The molecule has 6 heteroatoms. The van der Waals surface area contributed by atoms with Gasteiger partial charge in [0.05, 0.1) is 11.3 Å². The Morgan fingerprint density at radius 1 is 1.29 bits per heavy atom. The van der Waals surface area contributed by atoms with Crippen LogP contribution in [-0.4, -0.2) is 5.91 Å². The molecule has 88 valence electrons. The van der Waals surface area contributed by atoms with Crippen molar-refractivity contribution in [2.75, 3.05) is 5.01 Å². The van der Waals surface area contributed by atoms with Gasteiger partial charge >= 0.3 is 0 Å². The fourth-order valence-corrected chi connectivity index (χ4v) is 1.53. The van der Waals surface area contributed by atoms with Crippen molar-refractivity contribution in [2.45, 2.75) is 0 Å². The highest BCUT2D eigenvalue weighted by Gasteiger charge is 2.19. The van der Waals surface area contributed by atoms with Gasteiger partial charge in [-0.15, -0.1) is 0 Å². The minimum Gasteiger partial charge on any atom is -0.383 e. The van der Waals surface area contributed by atoms with E-state index in [1.165, 1.54) is 0 Å². The molecule has 1 aromatic rings. The molecule has 0 unspecified atom stereocenters. The van der Waals surface area contributed by atoms with E-state index in [1.807, 2.05) is 30.3 Å². The Morgan fingerprint density at radius 2 is 2.00 bits per heavy atom. The molecule has 0 saturated heterocycles. The van der Waals surface area contributed by atoms with Crippen molar-refractivity contribution < 1.29 is 4.79 Å². The van der Waals surface area contributed by atoms with Gasteiger partial charge < -0.3 is 5.73 Å². The number of nitrogens with two attached hydrogens (primary N) is 2. The van der Waals surface area contributed by atoms with Crippen LogP contribution in [0.4, 0.5) is 5.69 Å². The van der Waals surface area contributed by atoms with Gasteiger partial charge in [0.1, 0.15) is 5.82 Å². The molecule has 1 aliphatic rings. The van der Waals surface area contributed by atoms with E-state index in [1.54, 1.807) is 17.3 Å². The monoisotopic (exact) mass is 231 g/mol. The zero-order chi connectivity index (χ0) is 12.3. The predicted molar refractivity (Wildman–Crippen MR) is 64.7 cm³/mol. The van der Waals surface area contributed by atoms with Crippen molar-refractivity contribution >= 4 is 11.6 Å². The molecule has 1 heterocycles. The van der Waals surface area contributed by atoms with Gasteiger partial charge in [-0.2, -0.15) is 0 Å². The van der Waals surface area contributed by atoms with E-state index in [4.69, 9.17) is 11.6 Å². The minimum absolute atomic E-state index is 0.293. The Labute approximate surface area is 98.5 Å². The molecule has 6 nitrogen and oxygen atoms in total. The highest BCUT2D eigenvalue weighted by molar-refractivity contribution is 5.97. The Hall–Kier alpha value is -2.47. The number of carbonyl (C=O) groups is 1. The predicted octanol–water partition coefficient (Wildman–Crippen LogP) is -0.315. The highest BCUT2D eigenvalue weighted by atomic mass is 16.2. The smallest absolute Gasteiger partial charge is 0.268 e. The van der Waals surface area contributed by atoms with Crippen LogP contribution in [0.25, 0.3) is 0 Å². The summed E-state index contributed by atoms with van der Waals surface area (Å²) in [6.07, 6.45) is 3.19. The van der Waals surface area contributed by atoms with E-state index >= 15 is 0 Å². The highest BCUT2D eigenvalue weighted by Crippen LogP contribution is 2.18. The summed E-state index contributed by atoms with van der Waals surface area (Å²) in [5.74, 6) is 4.95. The van der Waals surface area contributed by atoms with Crippen LogP contribution >= 0.6 is 0 Å². The lowest BCUT2D eigenvalue weighted by Crippen LogP contribution is -2.43. The van der Waals surface area contributed by atoms with Gasteiger partial charge in [0, 0.05) is 6.20 Å². The third-order valence-corrected chi connectivity index (χ3v) is 2.36. The number of nitrogens with one attached hydrogen (secondary N) is 2. The number of hydrazine groups is 2. The SMILES string of the molecule is NNC(=O)C1=C(N)N(c2ccccc2)NC=C1. The second-order valence-electron chi connectivity index (χ2n) is 3.41. The first-order chi connectivity index (χ1) is 8.24. The first kappa shape index (κ1) is 11.0. The van der Waals surface area contributed by atoms with Crippen LogP contribution in [0, 0.1) is 0 Å². The summed E-state index contributed by atoms with van der Waals surface area (Å²) >= 11 is 0. The van der Waals surface area contributed by atoms with E-state index in [9.17, 15) is 4.79 Å². The quantitative estimate of drug-likeness (QED) is 0.318. The summed E-state index contributed by atoms with van der Waals surface area (Å²) in [5, 5.41) is 1.60. The molecular formula is C11H13N5O. The number of anilines is 1. The molecule has 1 aromatic carbocycles. The molecule has 0 saturated carbocycles. The van der Waals surface area contributed by atoms with Crippen LogP contribution in [0.5, 0.6) is 0 Å². The van der Waals surface area contributed by atoms with Gasteiger partial charge in [-0.1, -0.05) is 18.2 Å². The van der Waals surface area contributed by atoms with Gasteiger partial charge in [-0.3, -0.25) is 15.6 Å². The van der Waals surface area contributed by atoms with E-state index in [-0.39, 0.29) is 0 Å². The molecular weight excluding hydrogens is 218 g/mol. The summed E-state index contributed by atoms with van der Waals surface area (Å²) in [7, 11) is 0. The lowest BCUT2D eigenvalue weighted by Gasteiger charge is -2.28. The van der Waals surface area contributed by atoms with E-state index in [0.717, 1.165) is 5.69 Å². The third kappa shape index (κ3) is 2.06. The number of hydrogen-bond acceptors (Lipinski definition) is 5. The first-order valence-electron chi connectivity index (χ1n) is 5.02. The lowest BCUT2D eigenvalue weighted by atomic mass is 10.2. The van der Waals surface area contributed by atoms with Crippen molar-refractivity contribution in [3.8, 4) is 0 Å². The molecule has 0 aromatic heterocycles. The van der Waals surface area contributed by atoms with Gasteiger partial charge in [-0.05, 0) is 18.2 Å². The molecule has 17 heavy (non-hydrogen) atoms. The summed E-state index contributed by atoms with van der Waals surface area (Å²) in [6, 6.07) is 9.40. The third-order valence-electron chi connectivity index (χ3n) is 2.36. The van der Waals surface area contributed by atoms with Gasteiger partial charge in [0.2, 0.25) is 0 Å². The average Bonchev–Trinajstić information content (AvgIpc) is 2.39. The maximum absolute atomic E-state index is 11.5. The molecule has 0 aliphatic carbocycles. The largest absolute Gasteiger partial charge is 0.383 e. The number of nitrogens with zero attached hydrogens (tertiary/aromatic N) is 1. The van der Waals surface area contributed by atoms with Gasteiger partial charge in [-0.25, -0.2) is 10.9 Å². The Kier molecular flexibility index (Phi) is 2.97. The zero-order valence-corrected chi connectivity index (χ0v) is 9.05. The van der Waals surface area contributed by atoms with Crippen LogP contribution in [0.15, 0.2) is 54.0 Å². The number of carbonyl (C=O) groups excluding carboxylic acids is 1. The molecule has 0 spiro atoms. The fraction of sp³-hybridized carbons (Fsp3) is 0. The number of amides is 1. The van der Waals surface area contributed by atoms with Crippen LogP contribution in [-0.2, 0) is 4.79 Å². The minimum atomic E-state index is -0.429. The summed E-state index contributed by atoms with van der Waals surface area (Å²) in [4.78, 5) is 11.5. The summed E-state index contributed by atoms with van der Waals surface area (Å²) in [6.45, 7) is 0. The number of rotatable bonds is 2. The molecule has 0 bridgehead atoms. The Balaban J connectivity index is 2.36. The molecule has 1 amide bonds. The molecule has 1 aliphatic heterocycles. The van der Waals surface area contributed by atoms with Crippen LogP contribution < -0.4 is 27.4 Å². The van der Waals surface area contributed by atoms with E-state index in [0.29, 0.717) is 11.4 Å². The van der Waals surface area contributed by atoms with E-state index in [2.05, 4.69) is 10.9 Å². The first-order valence-corrected chi connectivity index (χ1v) is 5.02. The normalized spacial score (nSPS) is 14.5. The Bertz CT molecular complexity index is 480. The summed E-state index contributed by atoms with van der Waals surface area (Å²) < 4.78 is 0. The number of para-hydroxylation sites is 1. The fourth-order valence-electron chi connectivity index (χ4n) is 1.53. The summed E-state index contributed by atoms with van der Waals surface area (Å²) in [5.41, 5.74) is 12.1. The second kappa shape index (κ2) is 4.58. The van der Waals surface area contributed by atoms with Crippen LogP contribution in [0.2, 0.25) is 0 Å². The topological polar surface area (TPSA) is 96.4 Å². The average molecular weight is 231 g/mol. The maximum Gasteiger partial charge on any atom is 0.268 e. The van der Waals surface area contributed by atoms with Crippen molar-refractivity contribution in [3.05, 3.63) is 54.0 Å². The van der Waals surface area contributed by atoms with Gasteiger partial charge in [0.15, 0.2) is 0 Å². The van der Waals surface area contributed by atoms with Crippen molar-refractivity contribution in [2.24, 2.45) is 11.6 Å². The number of benzene rings is 1. The second-order valence-corrected chi connectivity index (χ2v) is 3.41. The molecule has 0 radical (unpaired) electrons. The number of hydrogen-bond donors (Lipinski definition) is 4. The van der Waals surface area contributed by atoms with Crippen LogP contribution in [0.3, 0.4) is 0 Å². The van der Waals surface area contributed by atoms with Crippen molar-refractivity contribution in [1.82, 2.24) is 10.9 Å². The zero-order valence-electron chi connectivity index (χ0n) is 9.05. The Morgan fingerprint density at radius 3 is 2.65 bits per heavy atom. The molecule has 0 atom stereocenters. The molecule has 2 rings (SSSR count). The maximum atomic E-state index is 11.5. The van der Waals surface area contributed by atoms with Crippen molar-refractivity contribution in [3.63, 3.8) is 0 Å². The van der Waals surface area contributed by atoms with Gasteiger partial charge in [0.25, 0.3) is 5.91 Å². The van der Waals surface area contributed by atoms with Crippen molar-refractivity contribution in [1.29, 1.82) is 0 Å².